The molecule has 2 aliphatic heterocycles. The van der Waals surface area contributed by atoms with Gasteiger partial charge in [0.1, 0.15) is 11.3 Å². The van der Waals surface area contributed by atoms with E-state index in [1.54, 1.807) is 15.8 Å². The van der Waals surface area contributed by atoms with Gasteiger partial charge in [-0.05, 0) is 62.6 Å². The zero-order chi connectivity index (χ0) is 27.1. The molecular formula is C28H34CuN8O3. The largest absolute Gasteiger partial charge is 0.383 e. The molecule has 40 heavy (non-hydrogen) atoms. The maximum Gasteiger partial charge on any atom is 0.314 e. The van der Waals surface area contributed by atoms with Gasteiger partial charge in [-0.2, -0.15) is 10.2 Å². The van der Waals surface area contributed by atoms with Crippen LogP contribution in [0.4, 0.5) is 11.5 Å². The molecular weight excluding hydrogens is 560 g/mol. The van der Waals surface area contributed by atoms with Gasteiger partial charge in [0.05, 0.1) is 35.0 Å². The fourth-order valence-electron chi connectivity index (χ4n) is 5.80. The van der Waals surface area contributed by atoms with Gasteiger partial charge in [-0.1, -0.05) is 13.0 Å². The fourth-order valence-corrected chi connectivity index (χ4v) is 5.80. The molecule has 0 bridgehead atoms. The number of piperidine rings is 1. The van der Waals surface area contributed by atoms with Crippen LogP contribution in [0.3, 0.4) is 0 Å². The molecule has 3 atom stereocenters. The first-order valence-electron chi connectivity index (χ1n) is 13.7. The van der Waals surface area contributed by atoms with Gasteiger partial charge in [0.25, 0.3) is 0 Å². The Bertz CT molecular complexity index is 1540. The summed E-state index contributed by atoms with van der Waals surface area (Å²) in [6.07, 6.45) is 9.46. The van der Waals surface area contributed by atoms with Crippen LogP contribution in [-0.2, 0) is 37.9 Å². The number of nitrogens with two attached hydrogens (primary N) is 1. The number of amides is 2. The van der Waals surface area contributed by atoms with Gasteiger partial charge < -0.3 is 20.7 Å². The summed E-state index contributed by atoms with van der Waals surface area (Å²) in [4.78, 5) is 33.1. The van der Waals surface area contributed by atoms with E-state index in [0.29, 0.717) is 41.5 Å². The number of carbonyl (C=O) groups excluding carboxylic acids is 2. The summed E-state index contributed by atoms with van der Waals surface area (Å²) in [5.74, 6) is -0.678. The second kappa shape index (κ2) is 11.6. The van der Waals surface area contributed by atoms with Crippen molar-refractivity contribution in [3.8, 4) is 0 Å². The summed E-state index contributed by atoms with van der Waals surface area (Å²) in [6.45, 7) is 6.10. The summed E-state index contributed by atoms with van der Waals surface area (Å²) in [5.41, 5.74) is 9.05. The molecule has 1 unspecified atom stereocenters. The molecule has 11 nitrogen and oxygen atoms in total. The Morgan fingerprint density at radius 3 is 2.80 bits per heavy atom. The van der Waals surface area contributed by atoms with Gasteiger partial charge in [-0.25, -0.2) is 9.67 Å². The minimum absolute atomic E-state index is 0. The molecule has 0 saturated carbocycles. The van der Waals surface area contributed by atoms with Crippen molar-refractivity contribution in [3.05, 3.63) is 42.4 Å². The molecule has 2 aliphatic rings. The van der Waals surface area contributed by atoms with E-state index in [1.807, 2.05) is 29.9 Å². The predicted octanol–water partition coefficient (Wildman–Crippen LogP) is 4.02. The topological polar surface area (TPSA) is 133 Å². The predicted molar refractivity (Wildman–Crippen MR) is 148 cm³/mol. The monoisotopic (exact) mass is 593 g/mol. The van der Waals surface area contributed by atoms with Crippen LogP contribution in [0.5, 0.6) is 0 Å². The summed E-state index contributed by atoms with van der Waals surface area (Å²) in [6, 6.07) is 5.90. The van der Waals surface area contributed by atoms with Crippen molar-refractivity contribution in [1.29, 1.82) is 0 Å². The third kappa shape index (κ3) is 5.18. The number of hydrogen-bond donors (Lipinski definition) is 2. The Morgan fingerprint density at radius 2 is 2.02 bits per heavy atom. The smallest absolute Gasteiger partial charge is 0.314 e. The molecule has 1 aromatic carbocycles. The number of aryl methyl sites for hydroxylation is 1. The number of nitrogens with zero attached hydrogens (tertiary/aromatic N) is 6. The standard InChI is InChI=1S/C28H34N8O3.Cu/c1-3-34-16-19-12-18(8-9-21(19)33-34)23-10-7-17(2)15-35(23)28(38)27(37)32-22-14-30-26(29)20-13-31-36(25(20)22)24-6-4-5-11-39-24;/h8-9,12-14,16-17,23-24H,3-7,10-11,15H2,1-2H3,(H2,29,30)(H,32,37);/t17-,23+,24?;/m0./s1. The Balaban J connectivity index is 0.00000323. The molecule has 3 N–H and O–H groups in total. The summed E-state index contributed by atoms with van der Waals surface area (Å²) < 4.78 is 9.57. The number of fused-ring (bicyclic) bond motifs is 2. The van der Waals surface area contributed by atoms with Gasteiger partial charge in [-0.15, -0.1) is 0 Å². The van der Waals surface area contributed by atoms with Crippen LogP contribution in [0, 0.1) is 5.92 Å². The van der Waals surface area contributed by atoms with Crippen LogP contribution in [0.2, 0.25) is 0 Å². The SMILES string of the molecule is CCn1cc2cc([C@H]3CC[C@H](C)CN3C(=O)C(=O)Nc3cnc(N)c4cnn(C5CCCCO5)c34)ccc2n1.[Cu]. The number of ether oxygens (including phenoxy) is 1. The van der Waals surface area contributed by atoms with Crippen molar-refractivity contribution in [2.75, 3.05) is 24.2 Å². The summed E-state index contributed by atoms with van der Waals surface area (Å²) in [5, 5.41) is 13.5. The molecule has 2 saturated heterocycles. The number of aromatic nitrogens is 5. The molecule has 5 heterocycles. The zero-order valence-electron chi connectivity index (χ0n) is 22.6. The van der Waals surface area contributed by atoms with E-state index in [2.05, 4.69) is 33.5 Å². The van der Waals surface area contributed by atoms with E-state index in [9.17, 15) is 9.59 Å². The molecule has 2 amide bonds. The van der Waals surface area contributed by atoms with Crippen LogP contribution in [0.1, 0.15) is 63.8 Å². The molecule has 12 heteroatoms. The molecule has 2 fully saturated rings. The van der Waals surface area contributed by atoms with Gasteiger partial charge >= 0.3 is 11.8 Å². The molecule has 215 valence electrons. The van der Waals surface area contributed by atoms with Gasteiger partial charge in [0.15, 0.2) is 6.23 Å². The van der Waals surface area contributed by atoms with Crippen molar-refractivity contribution in [3.63, 3.8) is 0 Å². The van der Waals surface area contributed by atoms with Crippen LogP contribution >= 0.6 is 0 Å². The van der Waals surface area contributed by atoms with Gasteiger partial charge in [0, 0.05) is 48.3 Å². The van der Waals surface area contributed by atoms with Gasteiger partial charge in [0.2, 0.25) is 0 Å². The number of rotatable bonds is 4. The van der Waals surface area contributed by atoms with Crippen molar-refractivity contribution in [1.82, 2.24) is 29.4 Å². The van der Waals surface area contributed by atoms with Crippen molar-refractivity contribution < 1.29 is 31.4 Å². The molecule has 6 rings (SSSR count). The maximum atomic E-state index is 13.7. The molecule has 1 radical (unpaired) electrons. The Morgan fingerprint density at radius 1 is 1.18 bits per heavy atom. The minimum atomic E-state index is -0.709. The van der Waals surface area contributed by atoms with Gasteiger partial charge in [-0.3, -0.25) is 14.3 Å². The van der Waals surface area contributed by atoms with E-state index in [1.165, 1.54) is 6.20 Å². The number of hydrogen-bond acceptors (Lipinski definition) is 7. The minimum Gasteiger partial charge on any atom is -0.383 e. The normalized spacial score (nSPS) is 21.4. The Hall–Kier alpha value is -3.47. The number of nitrogens with one attached hydrogen (secondary N) is 1. The van der Waals surface area contributed by atoms with Crippen LogP contribution in [0.25, 0.3) is 21.8 Å². The van der Waals surface area contributed by atoms with E-state index in [4.69, 9.17) is 10.5 Å². The number of anilines is 2. The zero-order valence-corrected chi connectivity index (χ0v) is 23.6. The second-order valence-electron chi connectivity index (χ2n) is 10.6. The third-order valence-corrected chi connectivity index (χ3v) is 7.89. The quantitative estimate of drug-likeness (QED) is 0.270. The number of nitrogen functional groups attached to an aromatic ring is 1. The number of pyridine rings is 1. The first-order chi connectivity index (χ1) is 18.9. The average molecular weight is 594 g/mol. The fraction of sp³-hybridized carbons (Fsp3) is 0.464. The van der Waals surface area contributed by atoms with E-state index < -0.39 is 11.8 Å². The van der Waals surface area contributed by atoms with Crippen molar-refractivity contribution >= 4 is 45.1 Å². The molecule has 3 aromatic heterocycles. The van der Waals surface area contributed by atoms with Crippen LogP contribution in [-0.4, -0.2) is 54.4 Å². The van der Waals surface area contributed by atoms with E-state index in [-0.39, 0.29) is 29.3 Å². The average Bonchev–Trinajstić information content (AvgIpc) is 3.59. The first-order valence-corrected chi connectivity index (χ1v) is 13.7. The number of benzene rings is 1. The second-order valence-corrected chi connectivity index (χ2v) is 10.6. The maximum absolute atomic E-state index is 13.7. The Kier molecular flexibility index (Phi) is 8.11. The van der Waals surface area contributed by atoms with Crippen molar-refractivity contribution in [2.24, 2.45) is 5.92 Å². The van der Waals surface area contributed by atoms with E-state index >= 15 is 0 Å². The van der Waals surface area contributed by atoms with E-state index in [0.717, 1.165) is 55.1 Å². The first kappa shape index (κ1) is 28.1. The summed E-state index contributed by atoms with van der Waals surface area (Å²) in [7, 11) is 0. The summed E-state index contributed by atoms with van der Waals surface area (Å²) >= 11 is 0. The third-order valence-electron chi connectivity index (χ3n) is 7.89. The molecule has 0 aliphatic carbocycles. The molecule has 4 aromatic rings. The molecule has 0 spiro atoms. The van der Waals surface area contributed by atoms with Crippen LogP contribution in [0.15, 0.2) is 36.8 Å². The Labute approximate surface area is 242 Å². The number of carbonyl (C=O) groups is 2. The number of likely N-dealkylation sites (tertiary alicyclic amines) is 1. The van der Waals surface area contributed by atoms with Crippen LogP contribution < -0.4 is 11.1 Å². The van der Waals surface area contributed by atoms with Crippen molar-refractivity contribution in [2.45, 2.75) is 64.8 Å².